The molecule has 6 nitrogen and oxygen atoms in total. The van der Waals surface area contributed by atoms with Gasteiger partial charge < -0.3 is 14.7 Å². The van der Waals surface area contributed by atoms with E-state index in [-0.39, 0.29) is 5.91 Å². The van der Waals surface area contributed by atoms with Crippen LogP contribution in [0.4, 0.5) is 5.69 Å². The molecule has 0 unspecified atom stereocenters. The number of aromatic nitrogens is 1. The second kappa shape index (κ2) is 9.54. The third kappa shape index (κ3) is 4.94. The number of benzene rings is 1. The fourth-order valence-electron chi connectivity index (χ4n) is 3.72. The summed E-state index contributed by atoms with van der Waals surface area (Å²) in [5, 5.41) is 0. The Morgan fingerprint density at radius 1 is 1.03 bits per heavy atom. The molecule has 3 rings (SSSR count). The summed E-state index contributed by atoms with van der Waals surface area (Å²) in [6, 6.07) is 10.2. The number of carbonyl (C=O) groups excluding carboxylic acids is 2. The molecule has 1 aliphatic rings. The number of pyridine rings is 1. The van der Waals surface area contributed by atoms with Crippen molar-refractivity contribution in [3.63, 3.8) is 0 Å². The Labute approximate surface area is 173 Å². The van der Waals surface area contributed by atoms with Crippen LogP contribution in [0.5, 0.6) is 0 Å². The zero-order valence-electron chi connectivity index (χ0n) is 17.6. The molecule has 0 saturated carbocycles. The third-order valence-corrected chi connectivity index (χ3v) is 5.76. The fourth-order valence-corrected chi connectivity index (χ4v) is 3.72. The number of hydrogen-bond acceptors (Lipinski definition) is 4. The lowest BCUT2D eigenvalue weighted by Crippen LogP contribution is -2.53. The van der Waals surface area contributed by atoms with Crippen LogP contribution in [-0.2, 0) is 16.0 Å². The topological polar surface area (TPSA) is 56.8 Å². The lowest BCUT2D eigenvalue weighted by atomic mass is 10.1. The van der Waals surface area contributed by atoms with Crippen molar-refractivity contribution in [2.45, 2.75) is 27.2 Å². The van der Waals surface area contributed by atoms with Gasteiger partial charge in [-0.1, -0.05) is 12.1 Å². The minimum absolute atomic E-state index is 0.387. The molecule has 0 N–H and O–H groups in total. The fraction of sp³-hybridized carbons (Fsp3) is 0.435. The van der Waals surface area contributed by atoms with E-state index in [2.05, 4.69) is 41.9 Å². The minimum Gasteiger partial charge on any atom is -0.368 e. The van der Waals surface area contributed by atoms with E-state index >= 15 is 0 Å². The SMILES string of the molecule is CCN(CCc1ccncc1)C(=O)C(=O)N1CCN(c2cccc(C)c2C)CC1. The number of likely N-dealkylation sites (N-methyl/N-ethyl adjacent to an activating group) is 1. The van der Waals surface area contributed by atoms with E-state index in [1.54, 1.807) is 22.2 Å². The summed E-state index contributed by atoms with van der Waals surface area (Å²) in [6.45, 7) is 9.84. The summed E-state index contributed by atoms with van der Waals surface area (Å²) >= 11 is 0. The molecule has 1 aromatic heterocycles. The van der Waals surface area contributed by atoms with Crippen LogP contribution in [0.25, 0.3) is 0 Å². The smallest absolute Gasteiger partial charge is 0.312 e. The van der Waals surface area contributed by atoms with Crippen molar-refractivity contribution in [2.75, 3.05) is 44.2 Å². The molecule has 0 aliphatic carbocycles. The van der Waals surface area contributed by atoms with Crippen LogP contribution in [0.1, 0.15) is 23.6 Å². The highest BCUT2D eigenvalue weighted by Crippen LogP contribution is 2.24. The molecule has 2 heterocycles. The molecule has 0 bridgehead atoms. The Hall–Kier alpha value is -2.89. The van der Waals surface area contributed by atoms with Gasteiger partial charge in [0.2, 0.25) is 0 Å². The van der Waals surface area contributed by atoms with Crippen molar-refractivity contribution in [1.82, 2.24) is 14.8 Å². The van der Waals surface area contributed by atoms with Crippen molar-refractivity contribution < 1.29 is 9.59 Å². The summed E-state index contributed by atoms with van der Waals surface area (Å²) < 4.78 is 0. The van der Waals surface area contributed by atoms with Crippen LogP contribution < -0.4 is 4.90 Å². The standard InChI is InChI=1S/C23H30N4O2/c1-4-25(13-10-20-8-11-24-12-9-20)22(28)23(29)27-16-14-26(15-17-27)21-7-5-6-18(2)19(21)3/h5-9,11-12H,4,10,13-17H2,1-3H3. The van der Waals surface area contributed by atoms with E-state index in [1.165, 1.54) is 16.8 Å². The van der Waals surface area contributed by atoms with Gasteiger partial charge >= 0.3 is 11.8 Å². The molecule has 0 radical (unpaired) electrons. The quantitative estimate of drug-likeness (QED) is 0.731. The number of anilines is 1. The number of carbonyl (C=O) groups is 2. The molecule has 6 heteroatoms. The molecule has 29 heavy (non-hydrogen) atoms. The Morgan fingerprint density at radius 2 is 1.72 bits per heavy atom. The molecule has 1 aliphatic heterocycles. The normalized spacial score (nSPS) is 14.0. The van der Waals surface area contributed by atoms with Gasteiger partial charge in [0.05, 0.1) is 0 Å². The number of nitrogens with zero attached hydrogens (tertiary/aromatic N) is 4. The van der Waals surface area contributed by atoms with E-state index in [0.717, 1.165) is 25.1 Å². The maximum absolute atomic E-state index is 12.8. The second-order valence-electron chi connectivity index (χ2n) is 7.49. The molecular formula is C23H30N4O2. The van der Waals surface area contributed by atoms with Crippen molar-refractivity contribution in [2.24, 2.45) is 0 Å². The number of hydrogen-bond donors (Lipinski definition) is 0. The first-order chi connectivity index (χ1) is 14.0. The third-order valence-electron chi connectivity index (χ3n) is 5.76. The molecular weight excluding hydrogens is 364 g/mol. The molecule has 2 aromatic rings. The molecule has 2 amide bonds. The van der Waals surface area contributed by atoms with Crippen LogP contribution in [0.15, 0.2) is 42.7 Å². The molecule has 1 fully saturated rings. The Kier molecular flexibility index (Phi) is 6.86. The molecule has 0 spiro atoms. The summed E-state index contributed by atoms with van der Waals surface area (Å²) in [5.41, 5.74) is 4.87. The summed E-state index contributed by atoms with van der Waals surface area (Å²) in [7, 11) is 0. The first-order valence-corrected chi connectivity index (χ1v) is 10.3. The predicted octanol–water partition coefficient (Wildman–Crippen LogP) is 2.44. The van der Waals surface area contributed by atoms with E-state index in [9.17, 15) is 9.59 Å². The largest absolute Gasteiger partial charge is 0.368 e. The van der Waals surface area contributed by atoms with Gasteiger partial charge in [0.25, 0.3) is 0 Å². The number of aryl methyl sites for hydroxylation is 1. The minimum atomic E-state index is -0.401. The van der Waals surface area contributed by atoms with Crippen LogP contribution in [0, 0.1) is 13.8 Å². The van der Waals surface area contributed by atoms with Gasteiger partial charge in [0, 0.05) is 57.3 Å². The average molecular weight is 395 g/mol. The number of amides is 2. The maximum atomic E-state index is 12.8. The summed E-state index contributed by atoms with van der Waals surface area (Å²) in [6.07, 6.45) is 4.21. The van der Waals surface area contributed by atoms with E-state index < -0.39 is 5.91 Å². The monoisotopic (exact) mass is 394 g/mol. The van der Waals surface area contributed by atoms with Gasteiger partial charge in [-0.15, -0.1) is 0 Å². The lowest BCUT2D eigenvalue weighted by Gasteiger charge is -2.37. The first-order valence-electron chi connectivity index (χ1n) is 10.3. The van der Waals surface area contributed by atoms with Gasteiger partial charge in [-0.25, -0.2) is 0 Å². The van der Waals surface area contributed by atoms with Gasteiger partial charge in [0.1, 0.15) is 0 Å². The van der Waals surface area contributed by atoms with E-state index in [1.807, 2.05) is 19.1 Å². The molecule has 0 atom stereocenters. The van der Waals surface area contributed by atoms with Crippen LogP contribution in [0.3, 0.4) is 0 Å². The number of rotatable bonds is 5. The van der Waals surface area contributed by atoms with Gasteiger partial charge in [-0.3, -0.25) is 14.6 Å². The maximum Gasteiger partial charge on any atom is 0.312 e. The summed E-state index contributed by atoms with van der Waals surface area (Å²) in [4.78, 5) is 35.2. The van der Waals surface area contributed by atoms with Crippen LogP contribution >= 0.6 is 0 Å². The van der Waals surface area contributed by atoms with Crippen LogP contribution in [0.2, 0.25) is 0 Å². The van der Waals surface area contributed by atoms with Gasteiger partial charge in [-0.05, 0) is 62.1 Å². The first kappa shape index (κ1) is 20.8. The highest BCUT2D eigenvalue weighted by Gasteiger charge is 2.29. The van der Waals surface area contributed by atoms with Crippen molar-refractivity contribution in [3.8, 4) is 0 Å². The van der Waals surface area contributed by atoms with Crippen LogP contribution in [-0.4, -0.2) is 65.9 Å². The summed E-state index contributed by atoms with van der Waals surface area (Å²) in [5.74, 6) is -0.788. The van der Waals surface area contributed by atoms with Crippen molar-refractivity contribution in [1.29, 1.82) is 0 Å². The van der Waals surface area contributed by atoms with Crippen molar-refractivity contribution in [3.05, 3.63) is 59.4 Å². The lowest BCUT2D eigenvalue weighted by molar-refractivity contribution is -0.151. The van der Waals surface area contributed by atoms with E-state index in [0.29, 0.717) is 26.2 Å². The van der Waals surface area contributed by atoms with E-state index in [4.69, 9.17) is 0 Å². The van der Waals surface area contributed by atoms with Gasteiger partial charge in [-0.2, -0.15) is 0 Å². The molecule has 1 saturated heterocycles. The predicted molar refractivity (Wildman–Crippen MR) is 115 cm³/mol. The Bertz CT molecular complexity index is 845. The van der Waals surface area contributed by atoms with Crippen molar-refractivity contribution >= 4 is 17.5 Å². The highest BCUT2D eigenvalue weighted by molar-refractivity contribution is 6.34. The Morgan fingerprint density at radius 3 is 2.38 bits per heavy atom. The van der Waals surface area contributed by atoms with Gasteiger partial charge in [0.15, 0.2) is 0 Å². The number of piperazine rings is 1. The Balaban J connectivity index is 1.56. The second-order valence-corrected chi connectivity index (χ2v) is 7.49. The zero-order valence-corrected chi connectivity index (χ0v) is 17.6. The highest BCUT2D eigenvalue weighted by atomic mass is 16.2. The molecule has 154 valence electrons. The average Bonchev–Trinajstić information content (AvgIpc) is 2.76. The zero-order chi connectivity index (χ0) is 20.8. The molecule has 1 aromatic carbocycles.